The SMILES string of the molecule is CCCCC/C=C\C/C=C/C=O. The van der Waals surface area contributed by atoms with Crippen LogP contribution in [0.15, 0.2) is 24.3 Å². The van der Waals surface area contributed by atoms with Gasteiger partial charge in [0.2, 0.25) is 0 Å². The molecule has 0 atom stereocenters. The Hall–Kier alpha value is -0.850. The summed E-state index contributed by atoms with van der Waals surface area (Å²) in [5.74, 6) is 0. The first kappa shape index (κ1) is 11.2. The molecule has 0 aliphatic heterocycles. The Morgan fingerprint density at radius 3 is 2.58 bits per heavy atom. The Morgan fingerprint density at radius 1 is 1.08 bits per heavy atom. The third-order valence-corrected chi connectivity index (χ3v) is 1.63. The highest BCUT2D eigenvalue weighted by Crippen LogP contribution is 2.00. The van der Waals surface area contributed by atoms with Crippen LogP contribution in [0.1, 0.15) is 39.0 Å². The van der Waals surface area contributed by atoms with E-state index in [-0.39, 0.29) is 0 Å². The van der Waals surface area contributed by atoms with Gasteiger partial charge in [-0.2, -0.15) is 0 Å². The Bertz CT molecular complexity index is 145. The first-order chi connectivity index (χ1) is 5.91. The van der Waals surface area contributed by atoms with Gasteiger partial charge in [-0.3, -0.25) is 4.79 Å². The van der Waals surface area contributed by atoms with Gasteiger partial charge in [-0.15, -0.1) is 0 Å². The van der Waals surface area contributed by atoms with Crippen molar-refractivity contribution in [2.75, 3.05) is 0 Å². The molecule has 0 N–H and O–H groups in total. The molecule has 0 spiro atoms. The summed E-state index contributed by atoms with van der Waals surface area (Å²) >= 11 is 0. The van der Waals surface area contributed by atoms with Gasteiger partial charge in [0.25, 0.3) is 0 Å². The maximum absolute atomic E-state index is 9.87. The average molecular weight is 166 g/mol. The van der Waals surface area contributed by atoms with Crippen LogP contribution in [-0.4, -0.2) is 6.29 Å². The lowest BCUT2D eigenvalue weighted by Crippen LogP contribution is -1.70. The van der Waals surface area contributed by atoms with Gasteiger partial charge < -0.3 is 0 Å². The minimum atomic E-state index is 0.810. The van der Waals surface area contributed by atoms with Gasteiger partial charge in [0, 0.05) is 0 Å². The number of carbonyl (C=O) groups excluding carboxylic acids is 1. The maximum Gasteiger partial charge on any atom is 0.142 e. The summed E-state index contributed by atoms with van der Waals surface area (Å²) < 4.78 is 0. The van der Waals surface area contributed by atoms with Crippen molar-refractivity contribution in [3.63, 3.8) is 0 Å². The first-order valence-electron chi connectivity index (χ1n) is 4.67. The summed E-state index contributed by atoms with van der Waals surface area (Å²) in [7, 11) is 0. The van der Waals surface area contributed by atoms with Gasteiger partial charge in [-0.25, -0.2) is 0 Å². The Labute approximate surface area is 75.2 Å². The van der Waals surface area contributed by atoms with Crippen molar-refractivity contribution >= 4 is 6.29 Å². The smallest absolute Gasteiger partial charge is 0.142 e. The molecule has 0 aromatic heterocycles. The number of rotatable bonds is 7. The molecule has 1 nitrogen and oxygen atoms in total. The molecule has 0 bridgehead atoms. The highest BCUT2D eigenvalue weighted by molar-refractivity contribution is 5.64. The van der Waals surface area contributed by atoms with Crippen LogP contribution in [0.25, 0.3) is 0 Å². The quantitative estimate of drug-likeness (QED) is 0.245. The zero-order valence-electron chi connectivity index (χ0n) is 7.83. The van der Waals surface area contributed by atoms with Gasteiger partial charge in [0.05, 0.1) is 0 Å². The molecule has 68 valence electrons. The molecule has 0 saturated carbocycles. The second-order valence-electron chi connectivity index (χ2n) is 2.77. The third-order valence-electron chi connectivity index (χ3n) is 1.63. The lowest BCUT2D eigenvalue weighted by atomic mass is 10.2. The molecule has 0 radical (unpaired) electrons. The molecule has 0 aliphatic rings. The van der Waals surface area contributed by atoms with Crippen LogP contribution in [0.4, 0.5) is 0 Å². The summed E-state index contributed by atoms with van der Waals surface area (Å²) in [4.78, 5) is 9.87. The van der Waals surface area contributed by atoms with E-state index in [1.54, 1.807) is 0 Å². The van der Waals surface area contributed by atoms with Gasteiger partial charge in [-0.1, -0.05) is 38.0 Å². The molecular weight excluding hydrogens is 148 g/mol. The molecule has 0 aromatic carbocycles. The number of allylic oxidation sites excluding steroid dienone is 4. The van der Waals surface area contributed by atoms with Crippen LogP contribution in [0.5, 0.6) is 0 Å². The van der Waals surface area contributed by atoms with Crippen LogP contribution in [-0.2, 0) is 4.79 Å². The average Bonchev–Trinajstić information content (AvgIpc) is 2.10. The lowest BCUT2D eigenvalue weighted by Gasteiger charge is -1.90. The zero-order valence-corrected chi connectivity index (χ0v) is 7.83. The van der Waals surface area contributed by atoms with Crippen LogP contribution in [0, 0.1) is 0 Å². The molecule has 0 aromatic rings. The van der Waals surface area contributed by atoms with Gasteiger partial charge in [-0.05, 0) is 25.3 Å². The molecule has 0 aliphatic carbocycles. The normalized spacial score (nSPS) is 11.4. The standard InChI is InChI=1S/C11H18O/c1-2-3-4-5-6-7-8-9-10-11-12/h6-7,9-11H,2-5,8H2,1H3/b7-6-,10-9+. The van der Waals surface area contributed by atoms with Crippen molar-refractivity contribution in [3.8, 4) is 0 Å². The number of carbonyl (C=O) groups is 1. The first-order valence-corrected chi connectivity index (χ1v) is 4.67. The summed E-state index contributed by atoms with van der Waals surface area (Å²) in [6.45, 7) is 2.20. The van der Waals surface area contributed by atoms with Crippen molar-refractivity contribution < 1.29 is 4.79 Å². The van der Waals surface area contributed by atoms with Crippen LogP contribution in [0.2, 0.25) is 0 Å². The monoisotopic (exact) mass is 166 g/mol. The molecular formula is C11H18O. The van der Waals surface area contributed by atoms with Crippen molar-refractivity contribution in [2.45, 2.75) is 39.0 Å². The Kier molecular flexibility index (Phi) is 9.43. The second-order valence-corrected chi connectivity index (χ2v) is 2.77. The van der Waals surface area contributed by atoms with Gasteiger partial charge in [0.15, 0.2) is 0 Å². The highest BCUT2D eigenvalue weighted by atomic mass is 16.1. The fourth-order valence-corrected chi connectivity index (χ4v) is 0.939. The van der Waals surface area contributed by atoms with E-state index in [0.717, 1.165) is 12.7 Å². The minimum Gasteiger partial charge on any atom is -0.299 e. The minimum absolute atomic E-state index is 0.810. The van der Waals surface area contributed by atoms with E-state index < -0.39 is 0 Å². The van der Waals surface area contributed by atoms with E-state index in [1.165, 1.54) is 31.8 Å². The highest BCUT2D eigenvalue weighted by Gasteiger charge is 1.80. The van der Waals surface area contributed by atoms with E-state index in [9.17, 15) is 4.79 Å². The topological polar surface area (TPSA) is 17.1 Å². The van der Waals surface area contributed by atoms with E-state index in [1.807, 2.05) is 6.08 Å². The summed E-state index contributed by atoms with van der Waals surface area (Å²) in [6.07, 6.45) is 14.4. The summed E-state index contributed by atoms with van der Waals surface area (Å²) in [5.41, 5.74) is 0. The molecule has 0 amide bonds. The maximum atomic E-state index is 9.87. The van der Waals surface area contributed by atoms with Gasteiger partial charge >= 0.3 is 0 Å². The number of aldehydes is 1. The Morgan fingerprint density at radius 2 is 1.92 bits per heavy atom. The third kappa shape index (κ3) is 9.15. The molecule has 1 heteroatoms. The fourth-order valence-electron chi connectivity index (χ4n) is 0.939. The molecule has 0 heterocycles. The van der Waals surface area contributed by atoms with E-state index in [2.05, 4.69) is 19.1 Å². The number of unbranched alkanes of at least 4 members (excludes halogenated alkanes) is 3. The van der Waals surface area contributed by atoms with Crippen LogP contribution < -0.4 is 0 Å². The van der Waals surface area contributed by atoms with Crippen molar-refractivity contribution in [1.82, 2.24) is 0 Å². The van der Waals surface area contributed by atoms with Crippen molar-refractivity contribution in [3.05, 3.63) is 24.3 Å². The molecule has 12 heavy (non-hydrogen) atoms. The second kappa shape index (κ2) is 10.2. The molecule has 0 saturated heterocycles. The Balaban J connectivity index is 3.14. The van der Waals surface area contributed by atoms with E-state index in [4.69, 9.17) is 0 Å². The van der Waals surface area contributed by atoms with Crippen molar-refractivity contribution in [2.24, 2.45) is 0 Å². The predicted octanol–water partition coefficient (Wildman–Crippen LogP) is 3.27. The van der Waals surface area contributed by atoms with E-state index in [0.29, 0.717) is 0 Å². The largest absolute Gasteiger partial charge is 0.299 e. The molecule has 0 unspecified atom stereocenters. The zero-order chi connectivity index (χ0) is 9.07. The summed E-state index contributed by atoms with van der Waals surface area (Å²) in [5, 5.41) is 0. The lowest BCUT2D eigenvalue weighted by molar-refractivity contribution is -0.104. The summed E-state index contributed by atoms with van der Waals surface area (Å²) in [6, 6.07) is 0. The van der Waals surface area contributed by atoms with E-state index >= 15 is 0 Å². The van der Waals surface area contributed by atoms with Crippen molar-refractivity contribution in [1.29, 1.82) is 0 Å². The van der Waals surface area contributed by atoms with Crippen LogP contribution in [0.3, 0.4) is 0 Å². The number of hydrogen-bond donors (Lipinski definition) is 0. The van der Waals surface area contributed by atoms with Crippen LogP contribution >= 0.6 is 0 Å². The molecule has 0 rings (SSSR count). The molecule has 0 fully saturated rings. The number of hydrogen-bond acceptors (Lipinski definition) is 1. The fraction of sp³-hybridized carbons (Fsp3) is 0.545. The van der Waals surface area contributed by atoms with Gasteiger partial charge in [0.1, 0.15) is 6.29 Å². The predicted molar refractivity (Wildman–Crippen MR) is 53.1 cm³/mol.